The molecule has 0 saturated carbocycles. The highest BCUT2D eigenvalue weighted by atomic mass is 16.6. The molecule has 8 nitrogen and oxygen atoms in total. The number of rotatable bonds is 8. The molecule has 4 atom stereocenters. The van der Waals surface area contributed by atoms with Crippen LogP contribution < -0.4 is 0 Å². The van der Waals surface area contributed by atoms with E-state index in [1.807, 2.05) is 0 Å². The van der Waals surface area contributed by atoms with Crippen molar-refractivity contribution in [2.45, 2.75) is 52.1 Å². The Morgan fingerprint density at radius 2 is 1.14 bits per heavy atom. The molecule has 0 aromatic rings. The van der Waals surface area contributed by atoms with Crippen LogP contribution in [0.3, 0.4) is 0 Å². The molecule has 0 bridgehead atoms. The van der Waals surface area contributed by atoms with Crippen molar-refractivity contribution >= 4 is 24.2 Å². The molecule has 0 aromatic heterocycles. The third-order valence-corrected chi connectivity index (χ3v) is 2.43. The fourth-order valence-corrected chi connectivity index (χ4v) is 1.04. The van der Waals surface area contributed by atoms with Crippen molar-refractivity contribution in [3.05, 3.63) is 0 Å². The number of esters is 3. The highest BCUT2D eigenvalue weighted by Crippen LogP contribution is 2.04. The molecule has 0 saturated heterocycles. The van der Waals surface area contributed by atoms with E-state index in [0.29, 0.717) is 6.29 Å². The van der Waals surface area contributed by atoms with Crippen LogP contribution in [-0.4, -0.2) is 55.7 Å². The summed E-state index contributed by atoms with van der Waals surface area (Å²) >= 11 is 0. The first kappa shape index (κ1) is 19.0. The molecule has 0 N–H and O–H groups in total. The van der Waals surface area contributed by atoms with Gasteiger partial charge in [-0.3, -0.25) is 4.79 Å². The SMILES string of the molecule is CO[C@@H](C)C(=O)O[C@@H](C)C(=O)O[C@@H](C)C(=O)O[C@@H](C)C=O. The van der Waals surface area contributed by atoms with E-state index in [1.165, 1.54) is 34.8 Å². The lowest BCUT2D eigenvalue weighted by Crippen LogP contribution is -2.36. The van der Waals surface area contributed by atoms with E-state index in [9.17, 15) is 19.2 Å². The highest BCUT2D eigenvalue weighted by Gasteiger charge is 2.27. The van der Waals surface area contributed by atoms with Gasteiger partial charge in [-0.2, -0.15) is 0 Å². The summed E-state index contributed by atoms with van der Waals surface area (Å²) in [6.45, 7) is 5.41. The van der Waals surface area contributed by atoms with E-state index in [0.717, 1.165) is 0 Å². The first-order valence-electron chi connectivity index (χ1n) is 6.32. The van der Waals surface area contributed by atoms with Gasteiger partial charge in [0, 0.05) is 7.11 Å². The van der Waals surface area contributed by atoms with Crippen molar-refractivity contribution in [3.63, 3.8) is 0 Å². The molecule has 0 amide bonds. The van der Waals surface area contributed by atoms with Crippen LogP contribution in [-0.2, 0) is 38.1 Å². The second-order valence-corrected chi connectivity index (χ2v) is 4.31. The lowest BCUT2D eigenvalue weighted by Gasteiger charge is -2.18. The predicted molar refractivity (Wildman–Crippen MR) is 69.2 cm³/mol. The number of hydrogen-bond donors (Lipinski definition) is 0. The third kappa shape index (κ3) is 6.84. The minimum absolute atomic E-state index is 0.434. The largest absolute Gasteiger partial charge is 0.452 e. The van der Waals surface area contributed by atoms with Gasteiger partial charge in [0.05, 0.1) is 0 Å². The second-order valence-electron chi connectivity index (χ2n) is 4.31. The van der Waals surface area contributed by atoms with Gasteiger partial charge in [0.15, 0.2) is 30.7 Å². The van der Waals surface area contributed by atoms with Crippen molar-refractivity contribution in [1.82, 2.24) is 0 Å². The van der Waals surface area contributed by atoms with Crippen molar-refractivity contribution in [2.75, 3.05) is 7.11 Å². The first-order valence-corrected chi connectivity index (χ1v) is 6.32. The maximum absolute atomic E-state index is 11.6. The minimum Gasteiger partial charge on any atom is -0.452 e. The van der Waals surface area contributed by atoms with E-state index in [2.05, 4.69) is 4.74 Å². The number of hydrogen-bond acceptors (Lipinski definition) is 8. The number of aldehydes is 1. The Kier molecular flexibility index (Phi) is 8.22. The summed E-state index contributed by atoms with van der Waals surface area (Å²) < 4.78 is 19.0. The van der Waals surface area contributed by atoms with Gasteiger partial charge in [0.2, 0.25) is 0 Å². The Labute approximate surface area is 122 Å². The van der Waals surface area contributed by atoms with Crippen LogP contribution >= 0.6 is 0 Å². The Bertz CT molecular complexity index is 392. The van der Waals surface area contributed by atoms with E-state index in [4.69, 9.17) is 14.2 Å². The summed E-state index contributed by atoms with van der Waals surface area (Å²) in [5.41, 5.74) is 0. The fourth-order valence-electron chi connectivity index (χ4n) is 1.04. The molecule has 0 radical (unpaired) electrons. The van der Waals surface area contributed by atoms with Gasteiger partial charge in [0.25, 0.3) is 0 Å². The number of carbonyl (C=O) groups is 4. The molecule has 0 aliphatic rings. The molecule has 0 aromatic carbocycles. The van der Waals surface area contributed by atoms with Crippen LogP contribution in [0.2, 0.25) is 0 Å². The molecule has 0 spiro atoms. The average molecular weight is 304 g/mol. The summed E-state index contributed by atoms with van der Waals surface area (Å²) in [7, 11) is 1.32. The molecule has 0 aliphatic heterocycles. The van der Waals surface area contributed by atoms with E-state index in [-0.39, 0.29) is 0 Å². The number of carbonyl (C=O) groups excluding carboxylic acids is 4. The van der Waals surface area contributed by atoms with Crippen LogP contribution in [0.5, 0.6) is 0 Å². The van der Waals surface area contributed by atoms with Gasteiger partial charge in [-0.15, -0.1) is 0 Å². The van der Waals surface area contributed by atoms with Crippen molar-refractivity contribution < 1.29 is 38.1 Å². The Balaban J connectivity index is 4.37. The monoisotopic (exact) mass is 304 g/mol. The topological polar surface area (TPSA) is 105 Å². The van der Waals surface area contributed by atoms with Crippen LogP contribution in [0.15, 0.2) is 0 Å². The van der Waals surface area contributed by atoms with Crippen LogP contribution in [0.4, 0.5) is 0 Å². The fraction of sp³-hybridized carbons (Fsp3) is 0.692. The molecule has 0 rings (SSSR count). The molecule has 0 fully saturated rings. The summed E-state index contributed by atoms with van der Waals surface area (Å²) in [5, 5.41) is 0. The summed E-state index contributed by atoms with van der Waals surface area (Å²) in [4.78, 5) is 44.9. The van der Waals surface area contributed by atoms with Gasteiger partial charge in [-0.1, -0.05) is 0 Å². The Morgan fingerprint density at radius 1 is 0.762 bits per heavy atom. The van der Waals surface area contributed by atoms with E-state index in [1.54, 1.807) is 0 Å². The van der Waals surface area contributed by atoms with E-state index >= 15 is 0 Å². The molecular formula is C13H20O8. The summed E-state index contributed by atoms with van der Waals surface area (Å²) in [6.07, 6.45) is -3.74. The zero-order valence-electron chi connectivity index (χ0n) is 12.7. The van der Waals surface area contributed by atoms with Crippen LogP contribution in [0.1, 0.15) is 27.7 Å². The molecule has 0 heterocycles. The maximum atomic E-state index is 11.6. The number of methoxy groups -OCH3 is 1. The normalized spacial score (nSPS) is 16.0. The maximum Gasteiger partial charge on any atom is 0.347 e. The van der Waals surface area contributed by atoms with Gasteiger partial charge in [-0.05, 0) is 27.7 Å². The van der Waals surface area contributed by atoms with Crippen molar-refractivity contribution in [1.29, 1.82) is 0 Å². The van der Waals surface area contributed by atoms with Gasteiger partial charge in [-0.25, -0.2) is 14.4 Å². The lowest BCUT2D eigenvalue weighted by molar-refractivity contribution is -0.181. The van der Waals surface area contributed by atoms with Crippen LogP contribution in [0, 0.1) is 0 Å². The average Bonchev–Trinajstić information content (AvgIpc) is 2.45. The minimum atomic E-state index is -1.22. The summed E-state index contributed by atoms with van der Waals surface area (Å²) in [6, 6.07) is 0. The number of ether oxygens (including phenoxy) is 4. The highest BCUT2D eigenvalue weighted by molar-refractivity contribution is 5.84. The first-order chi connectivity index (χ1) is 9.72. The standard InChI is InChI=1S/C13H20O8/c1-7(6-14)19-12(16)9(3)21-13(17)10(4)20-11(15)8(2)18-5/h6-10H,1-5H3/t7-,8-,9-,10-/m0/s1. The molecule has 120 valence electrons. The predicted octanol–water partition coefficient (Wildman–Crippen LogP) is 0.0153. The molecule has 8 heteroatoms. The second kappa shape index (κ2) is 9.06. The zero-order chi connectivity index (χ0) is 16.6. The van der Waals surface area contributed by atoms with E-state index < -0.39 is 42.3 Å². The van der Waals surface area contributed by atoms with Crippen molar-refractivity contribution in [2.24, 2.45) is 0 Å². The third-order valence-electron chi connectivity index (χ3n) is 2.43. The van der Waals surface area contributed by atoms with Crippen LogP contribution in [0.25, 0.3) is 0 Å². The Morgan fingerprint density at radius 3 is 1.52 bits per heavy atom. The molecular weight excluding hydrogens is 284 g/mol. The quantitative estimate of drug-likeness (QED) is 0.351. The Hall–Kier alpha value is -1.96. The van der Waals surface area contributed by atoms with Gasteiger partial charge in [0.1, 0.15) is 0 Å². The summed E-state index contributed by atoms with van der Waals surface area (Å²) in [5.74, 6) is -2.51. The molecule has 0 unspecified atom stereocenters. The molecule has 21 heavy (non-hydrogen) atoms. The lowest BCUT2D eigenvalue weighted by atomic mass is 10.3. The van der Waals surface area contributed by atoms with Gasteiger partial charge < -0.3 is 18.9 Å². The zero-order valence-corrected chi connectivity index (χ0v) is 12.7. The van der Waals surface area contributed by atoms with Gasteiger partial charge >= 0.3 is 17.9 Å². The smallest absolute Gasteiger partial charge is 0.347 e. The molecule has 0 aliphatic carbocycles. The van der Waals surface area contributed by atoms with Crippen molar-refractivity contribution in [3.8, 4) is 0 Å².